The second-order valence-electron chi connectivity index (χ2n) is 3.99. The number of carboxylic acid groups (broad SMARTS) is 1. The van der Waals surface area contributed by atoms with Gasteiger partial charge in [-0.05, 0) is 23.3 Å². The molecule has 4 nitrogen and oxygen atoms in total. The lowest BCUT2D eigenvalue weighted by atomic mass is 9.86. The zero-order chi connectivity index (χ0) is 13.2. The van der Waals surface area contributed by atoms with Crippen molar-refractivity contribution in [2.24, 2.45) is 0 Å². The standard InChI is InChI=1S/C14H13NO3/c15-12-8-6-11(7-9-12)14(18,13(16)17)10-4-2-1-3-5-10/h1-9,18H,15H2,(H,16,17)/p-1. The van der Waals surface area contributed by atoms with Crippen molar-refractivity contribution in [3.63, 3.8) is 0 Å². The molecule has 0 spiro atoms. The lowest BCUT2D eigenvalue weighted by molar-refractivity contribution is -0.322. The van der Waals surface area contributed by atoms with Crippen molar-refractivity contribution in [3.8, 4) is 0 Å². The van der Waals surface area contributed by atoms with Crippen molar-refractivity contribution in [1.29, 1.82) is 0 Å². The number of carbonyl (C=O) groups is 1. The van der Waals surface area contributed by atoms with Crippen molar-refractivity contribution < 1.29 is 15.0 Å². The van der Waals surface area contributed by atoms with E-state index in [0.29, 0.717) is 5.69 Å². The Morgan fingerprint density at radius 2 is 1.50 bits per heavy atom. The Morgan fingerprint density at radius 1 is 1.00 bits per heavy atom. The molecule has 4 heteroatoms. The van der Waals surface area contributed by atoms with Crippen LogP contribution in [0.3, 0.4) is 0 Å². The number of aliphatic carboxylic acids is 1. The fraction of sp³-hybridized carbons (Fsp3) is 0.0714. The van der Waals surface area contributed by atoms with E-state index in [4.69, 9.17) is 5.73 Å². The molecule has 0 aliphatic heterocycles. The van der Waals surface area contributed by atoms with Crippen LogP contribution in [0.1, 0.15) is 11.1 Å². The SMILES string of the molecule is Nc1ccc(C(O)(C(=O)[O-])c2ccccc2)cc1. The van der Waals surface area contributed by atoms with E-state index in [2.05, 4.69) is 0 Å². The molecule has 0 bridgehead atoms. The van der Waals surface area contributed by atoms with Gasteiger partial charge in [-0.1, -0.05) is 42.5 Å². The Bertz CT molecular complexity index is 551. The molecule has 0 radical (unpaired) electrons. The molecule has 0 fully saturated rings. The minimum Gasteiger partial charge on any atom is -0.546 e. The first-order valence-corrected chi connectivity index (χ1v) is 5.40. The van der Waals surface area contributed by atoms with Crippen molar-refractivity contribution in [3.05, 3.63) is 65.7 Å². The Hall–Kier alpha value is -2.33. The van der Waals surface area contributed by atoms with Gasteiger partial charge >= 0.3 is 0 Å². The van der Waals surface area contributed by atoms with Crippen molar-refractivity contribution in [1.82, 2.24) is 0 Å². The summed E-state index contributed by atoms with van der Waals surface area (Å²) in [4.78, 5) is 11.3. The second-order valence-corrected chi connectivity index (χ2v) is 3.99. The fourth-order valence-electron chi connectivity index (χ4n) is 1.81. The highest BCUT2D eigenvalue weighted by atomic mass is 16.4. The topological polar surface area (TPSA) is 86.4 Å². The highest BCUT2D eigenvalue weighted by Crippen LogP contribution is 2.29. The summed E-state index contributed by atoms with van der Waals surface area (Å²) in [6.45, 7) is 0. The second kappa shape index (κ2) is 4.50. The Morgan fingerprint density at radius 3 is 2.00 bits per heavy atom. The Labute approximate surface area is 104 Å². The zero-order valence-corrected chi connectivity index (χ0v) is 9.54. The van der Waals surface area contributed by atoms with E-state index in [1.54, 1.807) is 18.2 Å². The molecular formula is C14H12NO3-. The van der Waals surface area contributed by atoms with Gasteiger partial charge in [0.25, 0.3) is 0 Å². The van der Waals surface area contributed by atoms with E-state index in [0.717, 1.165) is 0 Å². The van der Waals surface area contributed by atoms with Crippen LogP contribution >= 0.6 is 0 Å². The predicted octanol–water partition coefficient (Wildman–Crippen LogP) is 0.255. The minimum absolute atomic E-state index is 0.211. The number of benzene rings is 2. The maximum atomic E-state index is 11.3. The van der Waals surface area contributed by atoms with Gasteiger partial charge in [-0.3, -0.25) is 0 Å². The molecule has 0 aliphatic rings. The summed E-state index contributed by atoms with van der Waals surface area (Å²) in [6.07, 6.45) is 0. The van der Waals surface area contributed by atoms with Crippen LogP contribution in [-0.4, -0.2) is 11.1 Å². The smallest absolute Gasteiger partial charge is 0.154 e. The van der Waals surface area contributed by atoms with Gasteiger partial charge in [0.2, 0.25) is 0 Å². The Balaban J connectivity index is 2.58. The van der Waals surface area contributed by atoms with E-state index in [1.165, 1.54) is 36.4 Å². The maximum absolute atomic E-state index is 11.3. The lowest BCUT2D eigenvalue weighted by Gasteiger charge is -2.30. The number of anilines is 1. The van der Waals surface area contributed by atoms with Gasteiger partial charge in [-0.15, -0.1) is 0 Å². The third-order valence-corrected chi connectivity index (χ3v) is 2.82. The van der Waals surface area contributed by atoms with Crippen LogP contribution in [0.25, 0.3) is 0 Å². The number of hydrogen-bond donors (Lipinski definition) is 2. The first-order chi connectivity index (χ1) is 8.55. The first-order valence-electron chi connectivity index (χ1n) is 5.40. The molecule has 0 amide bonds. The monoisotopic (exact) mass is 242 g/mol. The van der Waals surface area contributed by atoms with Gasteiger partial charge in [0.05, 0.1) is 5.97 Å². The van der Waals surface area contributed by atoms with Gasteiger partial charge in [0.1, 0.15) is 0 Å². The van der Waals surface area contributed by atoms with Crippen molar-refractivity contribution in [2.45, 2.75) is 5.60 Å². The van der Waals surface area contributed by atoms with Crippen LogP contribution in [0.2, 0.25) is 0 Å². The summed E-state index contributed by atoms with van der Waals surface area (Å²) < 4.78 is 0. The van der Waals surface area contributed by atoms with Crippen LogP contribution in [0.4, 0.5) is 5.69 Å². The molecule has 2 rings (SSSR count). The number of aliphatic hydroxyl groups is 1. The molecule has 3 N–H and O–H groups in total. The third-order valence-electron chi connectivity index (χ3n) is 2.82. The molecular weight excluding hydrogens is 230 g/mol. The largest absolute Gasteiger partial charge is 0.546 e. The maximum Gasteiger partial charge on any atom is 0.154 e. The van der Waals surface area contributed by atoms with Crippen LogP contribution in [-0.2, 0) is 10.4 Å². The summed E-state index contributed by atoms with van der Waals surface area (Å²) in [5, 5.41) is 21.7. The fourth-order valence-corrected chi connectivity index (χ4v) is 1.81. The first kappa shape index (κ1) is 12.1. The Kier molecular flexibility index (Phi) is 3.04. The van der Waals surface area contributed by atoms with Crippen LogP contribution in [0.5, 0.6) is 0 Å². The number of nitrogen functional groups attached to an aromatic ring is 1. The number of nitrogens with two attached hydrogens (primary N) is 1. The molecule has 0 saturated heterocycles. The summed E-state index contributed by atoms with van der Waals surface area (Å²) >= 11 is 0. The average molecular weight is 242 g/mol. The predicted molar refractivity (Wildman–Crippen MR) is 65.3 cm³/mol. The normalized spacial score (nSPS) is 13.8. The van der Waals surface area contributed by atoms with Crippen molar-refractivity contribution in [2.75, 3.05) is 5.73 Å². The molecule has 1 atom stereocenters. The molecule has 0 aromatic heterocycles. The highest BCUT2D eigenvalue weighted by Gasteiger charge is 2.33. The van der Waals surface area contributed by atoms with E-state index < -0.39 is 11.6 Å². The molecule has 2 aromatic rings. The van der Waals surface area contributed by atoms with Crippen LogP contribution in [0, 0.1) is 0 Å². The van der Waals surface area contributed by atoms with E-state index in [9.17, 15) is 15.0 Å². The summed E-state index contributed by atoms with van der Waals surface area (Å²) in [6, 6.07) is 14.1. The molecule has 92 valence electrons. The summed E-state index contributed by atoms with van der Waals surface area (Å²) in [5.74, 6) is -1.57. The van der Waals surface area contributed by atoms with E-state index >= 15 is 0 Å². The quantitative estimate of drug-likeness (QED) is 0.756. The molecule has 1 unspecified atom stereocenters. The lowest BCUT2D eigenvalue weighted by Crippen LogP contribution is -2.46. The summed E-state index contributed by atoms with van der Waals surface area (Å²) in [7, 11) is 0. The zero-order valence-electron chi connectivity index (χ0n) is 9.54. The number of carbonyl (C=O) groups excluding carboxylic acids is 1. The third kappa shape index (κ3) is 1.94. The van der Waals surface area contributed by atoms with E-state index in [1.807, 2.05) is 0 Å². The van der Waals surface area contributed by atoms with Gasteiger partial charge in [-0.25, -0.2) is 0 Å². The molecule has 0 heterocycles. The van der Waals surface area contributed by atoms with E-state index in [-0.39, 0.29) is 11.1 Å². The molecule has 0 saturated carbocycles. The van der Waals surface area contributed by atoms with Crippen molar-refractivity contribution >= 4 is 11.7 Å². The van der Waals surface area contributed by atoms with Crippen LogP contribution in [0.15, 0.2) is 54.6 Å². The number of rotatable bonds is 3. The number of hydrogen-bond acceptors (Lipinski definition) is 4. The molecule has 0 aliphatic carbocycles. The van der Waals surface area contributed by atoms with Gasteiger partial charge in [-0.2, -0.15) is 0 Å². The minimum atomic E-state index is -2.17. The van der Waals surface area contributed by atoms with Crippen LogP contribution < -0.4 is 10.8 Å². The van der Waals surface area contributed by atoms with Gasteiger partial charge < -0.3 is 20.7 Å². The number of carboxylic acids is 1. The highest BCUT2D eigenvalue weighted by molar-refractivity contribution is 5.82. The average Bonchev–Trinajstić information content (AvgIpc) is 2.39. The van der Waals surface area contributed by atoms with Gasteiger partial charge in [0, 0.05) is 5.69 Å². The summed E-state index contributed by atoms with van der Waals surface area (Å²) in [5.41, 5.74) is 4.32. The molecule has 2 aromatic carbocycles. The van der Waals surface area contributed by atoms with Gasteiger partial charge in [0.15, 0.2) is 5.60 Å². The molecule has 18 heavy (non-hydrogen) atoms.